The van der Waals surface area contributed by atoms with Crippen LogP contribution in [0.3, 0.4) is 0 Å². The van der Waals surface area contributed by atoms with Gasteiger partial charge in [-0.3, -0.25) is 4.79 Å². The van der Waals surface area contributed by atoms with E-state index in [0.717, 1.165) is 22.1 Å². The number of ether oxygens (including phenoxy) is 2. The molecule has 0 spiro atoms. The van der Waals surface area contributed by atoms with E-state index >= 15 is 0 Å². The number of hydrogen-bond donors (Lipinski definition) is 0. The summed E-state index contributed by atoms with van der Waals surface area (Å²) in [6, 6.07) is 12.2. The van der Waals surface area contributed by atoms with Gasteiger partial charge in [-0.15, -0.1) is 0 Å². The van der Waals surface area contributed by atoms with Crippen LogP contribution in [0.5, 0.6) is 5.75 Å². The lowest BCUT2D eigenvalue weighted by molar-refractivity contribution is -0.136. The summed E-state index contributed by atoms with van der Waals surface area (Å²) in [6.45, 7) is 4.62. The summed E-state index contributed by atoms with van der Waals surface area (Å²) in [5.41, 5.74) is 1.05. The molecule has 2 aromatic carbocycles. The van der Waals surface area contributed by atoms with E-state index in [4.69, 9.17) is 9.47 Å². The fourth-order valence-electron chi connectivity index (χ4n) is 2.84. The molecular formula is C18H21NO3. The molecule has 1 aliphatic rings. The SMILES string of the molecule is COc1ccc2cc([C@@H](C)C(=O)N3CCOCC3)ccc2c1. The Morgan fingerprint density at radius 1 is 1.14 bits per heavy atom. The summed E-state index contributed by atoms with van der Waals surface area (Å²) in [6.07, 6.45) is 0. The number of benzene rings is 2. The third kappa shape index (κ3) is 2.92. The fourth-order valence-corrected chi connectivity index (χ4v) is 2.84. The highest BCUT2D eigenvalue weighted by Gasteiger charge is 2.23. The van der Waals surface area contributed by atoms with Crippen LogP contribution in [0.4, 0.5) is 0 Å². The van der Waals surface area contributed by atoms with Crippen LogP contribution in [-0.4, -0.2) is 44.2 Å². The molecule has 2 aromatic rings. The number of fused-ring (bicyclic) bond motifs is 1. The Morgan fingerprint density at radius 2 is 1.82 bits per heavy atom. The van der Waals surface area contributed by atoms with Crippen molar-refractivity contribution in [2.75, 3.05) is 33.4 Å². The monoisotopic (exact) mass is 299 g/mol. The van der Waals surface area contributed by atoms with E-state index in [1.165, 1.54) is 0 Å². The molecule has 1 fully saturated rings. The van der Waals surface area contributed by atoms with Gasteiger partial charge in [0.2, 0.25) is 5.91 Å². The largest absolute Gasteiger partial charge is 0.497 e. The van der Waals surface area contributed by atoms with E-state index in [2.05, 4.69) is 12.1 Å². The predicted octanol–water partition coefficient (Wildman–Crippen LogP) is 2.81. The van der Waals surface area contributed by atoms with Crippen molar-refractivity contribution in [3.8, 4) is 5.75 Å². The van der Waals surface area contributed by atoms with E-state index in [1.54, 1.807) is 7.11 Å². The molecule has 4 heteroatoms. The Labute approximate surface area is 130 Å². The minimum absolute atomic E-state index is 0.135. The minimum Gasteiger partial charge on any atom is -0.497 e. The molecule has 1 heterocycles. The van der Waals surface area contributed by atoms with Crippen LogP contribution in [0.2, 0.25) is 0 Å². The minimum atomic E-state index is -0.135. The number of rotatable bonds is 3. The second-order valence-corrected chi connectivity index (χ2v) is 5.63. The maximum absolute atomic E-state index is 12.6. The van der Waals surface area contributed by atoms with Crippen molar-refractivity contribution in [1.29, 1.82) is 0 Å². The molecule has 0 bridgehead atoms. The van der Waals surface area contributed by atoms with E-state index in [9.17, 15) is 4.79 Å². The molecule has 3 rings (SSSR count). The lowest BCUT2D eigenvalue weighted by Gasteiger charge is -2.29. The van der Waals surface area contributed by atoms with Crippen LogP contribution >= 0.6 is 0 Å². The van der Waals surface area contributed by atoms with Gasteiger partial charge in [0.25, 0.3) is 0 Å². The maximum Gasteiger partial charge on any atom is 0.229 e. The lowest BCUT2D eigenvalue weighted by atomic mass is 9.96. The summed E-state index contributed by atoms with van der Waals surface area (Å²) in [5.74, 6) is 0.887. The summed E-state index contributed by atoms with van der Waals surface area (Å²) < 4.78 is 10.6. The number of methoxy groups -OCH3 is 1. The highest BCUT2D eigenvalue weighted by molar-refractivity contribution is 5.88. The van der Waals surface area contributed by atoms with Crippen molar-refractivity contribution in [3.63, 3.8) is 0 Å². The van der Waals surface area contributed by atoms with Gasteiger partial charge < -0.3 is 14.4 Å². The van der Waals surface area contributed by atoms with Gasteiger partial charge in [-0.1, -0.05) is 24.3 Å². The van der Waals surface area contributed by atoms with E-state index in [1.807, 2.05) is 36.1 Å². The van der Waals surface area contributed by atoms with Crippen LogP contribution in [0.1, 0.15) is 18.4 Å². The van der Waals surface area contributed by atoms with Crippen LogP contribution in [-0.2, 0) is 9.53 Å². The van der Waals surface area contributed by atoms with Gasteiger partial charge >= 0.3 is 0 Å². The summed E-state index contributed by atoms with van der Waals surface area (Å²) in [5, 5.41) is 2.24. The maximum atomic E-state index is 12.6. The first kappa shape index (κ1) is 14.9. The van der Waals surface area contributed by atoms with Crippen molar-refractivity contribution < 1.29 is 14.3 Å². The van der Waals surface area contributed by atoms with Crippen LogP contribution in [0, 0.1) is 0 Å². The van der Waals surface area contributed by atoms with Gasteiger partial charge in [-0.25, -0.2) is 0 Å². The third-order valence-electron chi connectivity index (χ3n) is 4.26. The molecule has 0 aliphatic carbocycles. The quantitative estimate of drug-likeness (QED) is 0.875. The first-order chi connectivity index (χ1) is 10.7. The second-order valence-electron chi connectivity index (χ2n) is 5.63. The van der Waals surface area contributed by atoms with E-state index < -0.39 is 0 Å². The Hall–Kier alpha value is -2.07. The zero-order chi connectivity index (χ0) is 15.5. The molecule has 1 amide bonds. The number of carbonyl (C=O) groups is 1. The zero-order valence-electron chi connectivity index (χ0n) is 13.0. The van der Waals surface area contributed by atoms with Crippen molar-refractivity contribution >= 4 is 16.7 Å². The Bertz CT molecular complexity index is 677. The van der Waals surface area contributed by atoms with Gasteiger partial charge in [0, 0.05) is 13.1 Å². The molecule has 116 valence electrons. The lowest BCUT2D eigenvalue weighted by Crippen LogP contribution is -2.42. The normalized spacial score (nSPS) is 16.5. The summed E-state index contributed by atoms with van der Waals surface area (Å²) >= 11 is 0. The summed E-state index contributed by atoms with van der Waals surface area (Å²) in [7, 11) is 1.67. The van der Waals surface area contributed by atoms with Crippen LogP contribution < -0.4 is 4.74 Å². The molecule has 0 unspecified atom stereocenters. The average Bonchev–Trinajstić information content (AvgIpc) is 2.60. The van der Waals surface area contributed by atoms with Gasteiger partial charge in [-0.05, 0) is 35.4 Å². The molecule has 0 N–H and O–H groups in total. The Morgan fingerprint density at radius 3 is 2.55 bits per heavy atom. The van der Waals surface area contributed by atoms with Gasteiger partial charge in [0.05, 0.1) is 26.2 Å². The molecule has 0 saturated carbocycles. The van der Waals surface area contributed by atoms with E-state index in [-0.39, 0.29) is 11.8 Å². The Balaban J connectivity index is 1.84. The number of nitrogens with zero attached hydrogens (tertiary/aromatic N) is 1. The molecular weight excluding hydrogens is 278 g/mol. The molecule has 1 saturated heterocycles. The molecule has 4 nitrogen and oxygen atoms in total. The molecule has 22 heavy (non-hydrogen) atoms. The Kier molecular flexibility index (Phi) is 4.29. The number of carbonyl (C=O) groups excluding carboxylic acids is 1. The number of hydrogen-bond acceptors (Lipinski definition) is 3. The highest BCUT2D eigenvalue weighted by atomic mass is 16.5. The molecule has 1 aliphatic heterocycles. The van der Waals surface area contributed by atoms with Crippen molar-refractivity contribution in [3.05, 3.63) is 42.0 Å². The van der Waals surface area contributed by atoms with Gasteiger partial charge in [0.1, 0.15) is 5.75 Å². The predicted molar refractivity (Wildman–Crippen MR) is 86.3 cm³/mol. The highest BCUT2D eigenvalue weighted by Crippen LogP contribution is 2.26. The molecule has 0 aromatic heterocycles. The van der Waals surface area contributed by atoms with Crippen LogP contribution in [0.25, 0.3) is 10.8 Å². The van der Waals surface area contributed by atoms with Gasteiger partial charge in [-0.2, -0.15) is 0 Å². The number of amides is 1. The number of morpholine rings is 1. The first-order valence-corrected chi connectivity index (χ1v) is 7.63. The second kappa shape index (κ2) is 6.36. The topological polar surface area (TPSA) is 38.8 Å². The van der Waals surface area contributed by atoms with Crippen molar-refractivity contribution in [2.45, 2.75) is 12.8 Å². The summed E-state index contributed by atoms with van der Waals surface area (Å²) in [4.78, 5) is 14.5. The fraction of sp³-hybridized carbons (Fsp3) is 0.389. The van der Waals surface area contributed by atoms with Crippen molar-refractivity contribution in [1.82, 2.24) is 4.90 Å². The van der Waals surface area contributed by atoms with E-state index in [0.29, 0.717) is 26.3 Å². The van der Waals surface area contributed by atoms with Crippen LogP contribution in [0.15, 0.2) is 36.4 Å². The first-order valence-electron chi connectivity index (χ1n) is 7.63. The average molecular weight is 299 g/mol. The zero-order valence-corrected chi connectivity index (χ0v) is 13.0. The standard InChI is InChI=1S/C18H21NO3/c1-13(18(20)19-7-9-22-10-8-19)14-3-4-16-12-17(21-2)6-5-15(16)11-14/h3-6,11-13H,7-10H2,1-2H3/t13-/m1/s1. The molecule has 0 radical (unpaired) electrons. The molecule has 1 atom stereocenters. The van der Waals surface area contributed by atoms with Gasteiger partial charge in [0.15, 0.2) is 0 Å². The smallest absolute Gasteiger partial charge is 0.229 e. The van der Waals surface area contributed by atoms with Crippen molar-refractivity contribution in [2.24, 2.45) is 0 Å². The third-order valence-corrected chi connectivity index (χ3v) is 4.26.